The number of rotatable bonds is 3. The van der Waals surface area contributed by atoms with E-state index in [1.54, 1.807) is 31.2 Å². The molecule has 0 radical (unpaired) electrons. The summed E-state index contributed by atoms with van der Waals surface area (Å²) in [7, 11) is 3.57. The molecule has 2 aromatic heterocycles. The number of pyridine rings is 1. The maximum Gasteiger partial charge on any atom is 0.342 e. The molecule has 15 heavy (non-hydrogen) atoms. The molecule has 1 N–H and O–H groups in total. The average molecular weight is 205 g/mol. The lowest BCUT2D eigenvalue weighted by Gasteiger charge is -2.02. The number of aromatic nitrogens is 4. The van der Waals surface area contributed by atoms with Crippen molar-refractivity contribution in [1.82, 2.24) is 19.7 Å². The number of nitrogens with zero attached hydrogens (tertiary/aromatic N) is 4. The minimum atomic E-state index is 0.290. The first kappa shape index (κ1) is 9.45. The van der Waals surface area contributed by atoms with Crippen LogP contribution in [-0.2, 0) is 7.05 Å². The highest BCUT2D eigenvalue weighted by atomic mass is 16.5. The van der Waals surface area contributed by atoms with Crippen molar-refractivity contribution in [2.75, 3.05) is 12.4 Å². The van der Waals surface area contributed by atoms with Gasteiger partial charge < -0.3 is 10.1 Å². The monoisotopic (exact) mass is 205 g/mol. The highest BCUT2D eigenvalue weighted by Gasteiger charge is 2.03. The zero-order valence-electron chi connectivity index (χ0n) is 8.51. The molecule has 0 saturated heterocycles. The van der Waals surface area contributed by atoms with Crippen molar-refractivity contribution in [2.24, 2.45) is 7.05 Å². The molecular formula is C9H11N5O. The molecule has 78 valence electrons. The Bertz CT molecular complexity index is 453. The minimum Gasteiger partial charge on any atom is -0.404 e. The van der Waals surface area contributed by atoms with E-state index >= 15 is 0 Å². The molecule has 6 nitrogen and oxygen atoms in total. The molecule has 0 aliphatic heterocycles. The van der Waals surface area contributed by atoms with Gasteiger partial charge in [-0.1, -0.05) is 6.07 Å². The first-order chi connectivity index (χ1) is 7.28. The Labute approximate surface area is 86.9 Å². The van der Waals surface area contributed by atoms with Gasteiger partial charge in [0.25, 0.3) is 0 Å². The third-order valence-electron chi connectivity index (χ3n) is 1.75. The van der Waals surface area contributed by atoms with Crippen LogP contribution in [0.15, 0.2) is 24.5 Å². The Balaban J connectivity index is 2.16. The molecule has 0 saturated carbocycles. The van der Waals surface area contributed by atoms with Gasteiger partial charge in [0.05, 0.1) is 0 Å². The molecule has 0 spiro atoms. The molecule has 2 aromatic rings. The van der Waals surface area contributed by atoms with Crippen molar-refractivity contribution in [2.45, 2.75) is 0 Å². The molecule has 0 bridgehead atoms. The summed E-state index contributed by atoms with van der Waals surface area (Å²) in [5.41, 5.74) is 0. The Kier molecular flexibility index (Phi) is 2.49. The lowest BCUT2D eigenvalue weighted by molar-refractivity contribution is 0.423. The number of nitrogens with one attached hydrogen (secondary N) is 1. The number of aryl methyl sites for hydroxylation is 1. The minimum absolute atomic E-state index is 0.290. The summed E-state index contributed by atoms with van der Waals surface area (Å²) in [6.45, 7) is 0. The highest BCUT2D eigenvalue weighted by Crippen LogP contribution is 2.16. The standard InChI is InChI=1S/C9H11N5O/c1-10-7-4-3-5-8(12-7)15-9-11-6-14(2)13-9/h3-6H,1-2H3,(H,10,12). The lowest BCUT2D eigenvalue weighted by Crippen LogP contribution is -1.95. The van der Waals surface area contributed by atoms with E-state index in [2.05, 4.69) is 20.4 Å². The Hall–Kier alpha value is -2.11. The Morgan fingerprint density at radius 1 is 1.40 bits per heavy atom. The zero-order chi connectivity index (χ0) is 10.7. The zero-order valence-corrected chi connectivity index (χ0v) is 8.51. The van der Waals surface area contributed by atoms with E-state index in [1.165, 1.54) is 0 Å². The fraction of sp³-hybridized carbons (Fsp3) is 0.222. The van der Waals surface area contributed by atoms with E-state index in [9.17, 15) is 0 Å². The fourth-order valence-corrected chi connectivity index (χ4v) is 1.07. The molecule has 0 atom stereocenters. The van der Waals surface area contributed by atoms with Crippen LogP contribution in [0.4, 0.5) is 5.82 Å². The quantitative estimate of drug-likeness (QED) is 0.811. The van der Waals surface area contributed by atoms with E-state index < -0.39 is 0 Å². The van der Waals surface area contributed by atoms with Crippen molar-refractivity contribution < 1.29 is 4.74 Å². The van der Waals surface area contributed by atoms with Gasteiger partial charge in [-0.05, 0) is 6.07 Å². The van der Waals surface area contributed by atoms with E-state index in [1.807, 2.05) is 12.1 Å². The van der Waals surface area contributed by atoms with Crippen molar-refractivity contribution >= 4 is 5.82 Å². The summed E-state index contributed by atoms with van der Waals surface area (Å²) in [6, 6.07) is 5.73. The van der Waals surface area contributed by atoms with Crippen LogP contribution in [0.3, 0.4) is 0 Å². The van der Waals surface area contributed by atoms with Gasteiger partial charge >= 0.3 is 6.01 Å². The van der Waals surface area contributed by atoms with Gasteiger partial charge in [0.1, 0.15) is 12.1 Å². The lowest BCUT2D eigenvalue weighted by atomic mass is 10.4. The Morgan fingerprint density at radius 2 is 2.27 bits per heavy atom. The molecule has 6 heteroatoms. The molecule has 0 aliphatic carbocycles. The van der Waals surface area contributed by atoms with Gasteiger partial charge in [-0.3, -0.25) is 4.68 Å². The summed E-state index contributed by atoms with van der Waals surface area (Å²) in [5, 5.41) is 6.91. The second kappa shape index (κ2) is 3.95. The van der Waals surface area contributed by atoms with E-state index in [0.29, 0.717) is 11.9 Å². The predicted octanol–water partition coefficient (Wildman–Crippen LogP) is 1.04. The van der Waals surface area contributed by atoms with Gasteiger partial charge in [-0.2, -0.15) is 9.97 Å². The maximum atomic E-state index is 5.35. The van der Waals surface area contributed by atoms with Gasteiger partial charge in [-0.15, -0.1) is 5.10 Å². The fourth-order valence-electron chi connectivity index (χ4n) is 1.07. The molecular weight excluding hydrogens is 194 g/mol. The second-order valence-electron chi connectivity index (χ2n) is 2.91. The van der Waals surface area contributed by atoms with Gasteiger partial charge in [0.15, 0.2) is 0 Å². The van der Waals surface area contributed by atoms with Gasteiger partial charge in [-0.25, -0.2) is 0 Å². The number of hydrogen-bond acceptors (Lipinski definition) is 5. The SMILES string of the molecule is CNc1cccc(Oc2ncn(C)n2)n1. The molecule has 0 fully saturated rings. The molecule has 0 aromatic carbocycles. The summed E-state index contributed by atoms with van der Waals surface area (Å²) < 4.78 is 6.91. The highest BCUT2D eigenvalue weighted by molar-refractivity contribution is 5.36. The van der Waals surface area contributed by atoms with Crippen LogP contribution < -0.4 is 10.1 Å². The van der Waals surface area contributed by atoms with Crippen LogP contribution in [0, 0.1) is 0 Å². The summed E-state index contributed by atoms with van der Waals surface area (Å²) in [4.78, 5) is 8.11. The van der Waals surface area contributed by atoms with Gasteiger partial charge in [0, 0.05) is 20.2 Å². The first-order valence-corrected chi connectivity index (χ1v) is 4.46. The van der Waals surface area contributed by atoms with Crippen LogP contribution in [-0.4, -0.2) is 26.8 Å². The molecule has 0 amide bonds. The van der Waals surface area contributed by atoms with Crippen LogP contribution in [0.5, 0.6) is 11.9 Å². The van der Waals surface area contributed by atoms with Crippen LogP contribution in [0.2, 0.25) is 0 Å². The van der Waals surface area contributed by atoms with Crippen LogP contribution in [0.25, 0.3) is 0 Å². The number of ether oxygens (including phenoxy) is 1. The average Bonchev–Trinajstić information content (AvgIpc) is 2.64. The maximum absolute atomic E-state index is 5.35. The normalized spacial score (nSPS) is 10.0. The Morgan fingerprint density at radius 3 is 2.93 bits per heavy atom. The third-order valence-corrected chi connectivity index (χ3v) is 1.75. The molecule has 0 unspecified atom stereocenters. The van der Waals surface area contributed by atoms with Crippen molar-refractivity contribution in [3.05, 3.63) is 24.5 Å². The largest absolute Gasteiger partial charge is 0.404 e. The summed E-state index contributed by atoms with van der Waals surface area (Å²) in [6.07, 6.45) is 1.57. The topological polar surface area (TPSA) is 64.9 Å². The first-order valence-electron chi connectivity index (χ1n) is 4.46. The van der Waals surface area contributed by atoms with E-state index in [4.69, 9.17) is 4.74 Å². The number of hydrogen-bond donors (Lipinski definition) is 1. The number of anilines is 1. The molecule has 2 rings (SSSR count). The second-order valence-corrected chi connectivity index (χ2v) is 2.91. The van der Waals surface area contributed by atoms with Gasteiger partial charge in [0.2, 0.25) is 5.88 Å². The predicted molar refractivity (Wildman–Crippen MR) is 54.9 cm³/mol. The van der Waals surface area contributed by atoms with Crippen molar-refractivity contribution in [3.63, 3.8) is 0 Å². The molecule has 2 heterocycles. The summed E-state index contributed by atoms with van der Waals surface area (Å²) in [5.74, 6) is 1.21. The van der Waals surface area contributed by atoms with E-state index in [0.717, 1.165) is 5.82 Å². The molecule has 0 aliphatic rings. The van der Waals surface area contributed by atoms with Crippen molar-refractivity contribution in [3.8, 4) is 11.9 Å². The van der Waals surface area contributed by atoms with Crippen LogP contribution >= 0.6 is 0 Å². The van der Waals surface area contributed by atoms with Crippen LogP contribution in [0.1, 0.15) is 0 Å². The van der Waals surface area contributed by atoms with Crippen molar-refractivity contribution in [1.29, 1.82) is 0 Å². The smallest absolute Gasteiger partial charge is 0.342 e. The van der Waals surface area contributed by atoms with E-state index in [-0.39, 0.29) is 0 Å². The third kappa shape index (κ3) is 2.22. The summed E-state index contributed by atoms with van der Waals surface area (Å²) >= 11 is 0.